The minimum Gasteiger partial charge on any atom is -0.486 e. The summed E-state index contributed by atoms with van der Waals surface area (Å²) >= 11 is 0. The van der Waals surface area contributed by atoms with E-state index in [0.29, 0.717) is 36.0 Å². The maximum atomic E-state index is 12.4. The monoisotopic (exact) mass is 337 g/mol. The molecule has 0 bridgehead atoms. The number of anilines is 1. The van der Waals surface area contributed by atoms with Crippen LogP contribution in [0.3, 0.4) is 0 Å². The van der Waals surface area contributed by atoms with E-state index in [9.17, 15) is 4.79 Å². The van der Waals surface area contributed by atoms with Gasteiger partial charge in [-0.05, 0) is 35.2 Å². The number of allylic oxidation sites excluding steroid dienone is 1. The Morgan fingerprint density at radius 3 is 2.36 bits per heavy atom. The van der Waals surface area contributed by atoms with Crippen LogP contribution in [0, 0.1) is 5.41 Å². The molecule has 2 aromatic rings. The van der Waals surface area contributed by atoms with E-state index in [2.05, 4.69) is 38.2 Å². The van der Waals surface area contributed by atoms with E-state index in [1.807, 2.05) is 36.4 Å². The van der Waals surface area contributed by atoms with Crippen LogP contribution >= 0.6 is 0 Å². The van der Waals surface area contributed by atoms with Gasteiger partial charge in [0.05, 0.1) is 0 Å². The lowest BCUT2D eigenvalue weighted by Gasteiger charge is -2.19. The van der Waals surface area contributed by atoms with Crippen molar-refractivity contribution < 1.29 is 14.3 Å². The summed E-state index contributed by atoms with van der Waals surface area (Å²) < 4.78 is 11.0. The molecule has 25 heavy (non-hydrogen) atoms. The molecule has 3 rings (SSSR count). The molecule has 0 radical (unpaired) electrons. The third kappa shape index (κ3) is 4.63. The maximum Gasteiger partial charge on any atom is 0.255 e. The summed E-state index contributed by atoms with van der Waals surface area (Å²) in [6.45, 7) is 7.53. The quantitative estimate of drug-likeness (QED) is 0.877. The Balaban J connectivity index is 1.68. The van der Waals surface area contributed by atoms with E-state index >= 15 is 0 Å². The van der Waals surface area contributed by atoms with E-state index in [0.717, 1.165) is 5.56 Å². The van der Waals surface area contributed by atoms with Crippen LogP contribution in [0.15, 0.2) is 48.5 Å². The van der Waals surface area contributed by atoms with Crippen molar-refractivity contribution in [2.75, 3.05) is 18.5 Å². The molecule has 0 spiro atoms. The van der Waals surface area contributed by atoms with Crippen LogP contribution in [0.2, 0.25) is 0 Å². The zero-order valence-corrected chi connectivity index (χ0v) is 14.8. The third-order valence-electron chi connectivity index (χ3n) is 3.75. The van der Waals surface area contributed by atoms with E-state index in [1.54, 1.807) is 6.07 Å². The first-order chi connectivity index (χ1) is 11.9. The molecule has 1 amide bonds. The Labute approximate surface area is 148 Å². The molecule has 1 N–H and O–H groups in total. The summed E-state index contributed by atoms with van der Waals surface area (Å²) in [4.78, 5) is 12.4. The van der Waals surface area contributed by atoms with Gasteiger partial charge in [0.15, 0.2) is 11.5 Å². The number of nitrogens with one attached hydrogen (secondary N) is 1. The van der Waals surface area contributed by atoms with Gasteiger partial charge in [0, 0.05) is 17.3 Å². The fraction of sp³-hybridized carbons (Fsp3) is 0.286. The standard InChI is InChI=1S/C21H23NO3/c1-21(2,3)11-10-15-4-6-16(7-5-15)20(23)22-17-8-9-18-19(14-17)25-13-12-24-18/h4-11,14H,12-13H2,1-3H3,(H,22,23). The molecule has 0 saturated carbocycles. The lowest BCUT2D eigenvalue weighted by molar-refractivity contribution is 0.102. The largest absolute Gasteiger partial charge is 0.486 e. The van der Waals surface area contributed by atoms with Crippen LogP contribution in [0.25, 0.3) is 6.08 Å². The van der Waals surface area contributed by atoms with Crippen LogP contribution in [0.1, 0.15) is 36.7 Å². The Morgan fingerprint density at radius 2 is 1.68 bits per heavy atom. The number of amides is 1. The number of benzene rings is 2. The molecule has 130 valence electrons. The van der Waals surface area contributed by atoms with Gasteiger partial charge in [-0.1, -0.05) is 45.1 Å². The lowest BCUT2D eigenvalue weighted by Crippen LogP contribution is -2.16. The molecule has 0 saturated heterocycles. The first kappa shape index (κ1) is 17.1. The van der Waals surface area contributed by atoms with Crippen LogP contribution in [0.5, 0.6) is 11.5 Å². The van der Waals surface area contributed by atoms with Crippen molar-refractivity contribution in [2.45, 2.75) is 20.8 Å². The smallest absolute Gasteiger partial charge is 0.255 e. The molecule has 0 fully saturated rings. The molecule has 0 aromatic heterocycles. The fourth-order valence-corrected chi connectivity index (χ4v) is 2.42. The number of hydrogen-bond donors (Lipinski definition) is 1. The number of rotatable bonds is 3. The van der Waals surface area contributed by atoms with E-state index < -0.39 is 0 Å². The van der Waals surface area contributed by atoms with E-state index in [-0.39, 0.29) is 11.3 Å². The first-order valence-electron chi connectivity index (χ1n) is 8.41. The van der Waals surface area contributed by atoms with Gasteiger partial charge in [0.2, 0.25) is 0 Å². The fourth-order valence-electron chi connectivity index (χ4n) is 2.42. The van der Waals surface area contributed by atoms with Crippen LogP contribution in [-0.2, 0) is 0 Å². The van der Waals surface area contributed by atoms with Gasteiger partial charge < -0.3 is 14.8 Å². The molecule has 4 nitrogen and oxygen atoms in total. The Kier molecular flexibility index (Phi) is 4.79. The predicted molar refractivity (Wildman–Crippen MR) is 100 cm³/mol. The van der Waals surface area contributed by atoms with E-state index in [4.69, 9.17) is 9.47 Å². The predicted octanol–water partition coefficient (Wildman–Crippen LogP) is 4.77. The van der Waals surface area contributed by atoms with Crippen molar-refractivity contribution in [2.24, 2.45) is 5.41 Å². The zero-order valence-electron chi connectivity index (χ0n) is 14.8. The molecule has 1 heterocycles. The van der Waals surface area contributed by atoms with Gasteiger partial charge in [0.1, 0.15) is 13.2 Å². The molecule has 1 aliphatic rings. The van der Waals surface area contributed by atoms with Crippen molar-refractivity contribution in [1.82, 2.24) is 0 Å². The summed E-state index contributed by atoms with van der Waals surface area (Å²) in [5.41, 5.74) is 2.51. The zero-order chi connectivity index (χ0) is 17.9. The summed E-state index contributed by atoms with van der Waals surface area (Å²) in [5, 5.41) is 2.89. The first-order valence-corrected chi connectivity index (χ1v) is 8.41. The third-order valence-corrected chi connectivity index (χ3v) is 3.75. The normalized spacial score (nSPS) is 13.7. The molecule has 0 atom stereocenters. The van der Waals surface area contributed by atoms with Crippen molar-refractivity contribution in [3.05, 3.63) is 59.7 Å². The van der Waals surface area contributed by atoms with Gasteiger partial charge in [-0.3, -0.25) is 4.79 Å². The average Bonchev–Trinajstić information content (AvgIpc) is 2.59. The van der Waals surface area contributed by atoms with Gasteiger partial charge in [-0.2, -0.15) is 0 Å². The van der Waals surface area contributed by atoms with Crippen molar-refractivity contribution in [3.8, 4) is 11.5 Å². The minimum atomic E-state index is -0.150. The number of carbonyl (C=O) groups is 1. The molecular formula is C21H23NO3. The number of carbonyl (C=O) groups excluding carboxylic acids is 1. The lowest BCUT2D eigenvalue weighted by atomic mass is 9.95. The second kappa shape index (κ2) is 7.01. The van der Waals surface area contributed by atoms with Gasteiger partial charge in [0.25, 0.3) is 5.91 Å². The molecule has 1 aliphatic heterocycles. The highest BCUT2D eigenvalue weighted by Gasteiger charge is 2.13. The highest BCUT2D eigenvalue weighted by Crippen LogP contribution is 2.32. The second-order valence-electron chi connectivity index (χ2n) is 7.13. The molecule has 2 aromatic carbocycles. The SMILES string of the molecule is CC(C)(C)C=Cc1ccc(C(=O)Nc2ccc3c(c2)OCCO3)cc1. The molecule has 0 unspecified atom stereocenters. The summed E-state index contributed by atoms with van der Waals surface area (Å²) in [6, 6.07) is 13.0. The van der Waals surface area contributed by atoms with Crippen LogP contribution in [-0.4, -0.2) is 19.1 Å². The molecule has 0 aliphatic carbocycles. The summed E-state index contributed by atoms with van der Waals surface area (Å²) in [7, 11) is 0. The Morgan fingerprint density at radius 1 is 1.00 bits per heavy atom. The van der Waals surface area contributed by atoms with Gasteiger partial charge in [-0.15, -0.1) is 0 Å². The summed E-state index contributed by atoms with van der Waals surface area (Å²) in [6.07, 6.45) is 4.22. The number of ether oxygens (including phenoxy) is 2. The maximum absolute atomic E-state index is 12.4. The van der Waals surface area contributed by atoms with Crippen molar-refractivity contribution >= 4 is 17.7 Å². The van der Waals surface area contributed by atoms with Crippen LogP contribution in [0.4, 0.5) is 5.69 Å². The van der Waals surface area contributed by atoms with Gasteiger partial charge >= 0.3 is 0 Å². The van der Waals surface area contributed by atoms with Gasteiger partial charge in [-0.25, -0.2) is 0 Å². The second-order valence-corrected chi connectivity index (χ2v) is 7.13. The van der Waals surface area contributed by atoms with Crippen LogP contribution < -0.4 is 14.8 Å². The Hall–Kier alpha value is -2.75. The minimum absolute atomic E-state index is 0.133. The molecular weight excluding hydrogens is 314 g/mol. The molecule has 4 heteroatoms. The topological polar surface area (TPSA) is 47.6 Å². The number of fused-ring (bicyclic) bond motifs is 1. The number of hydrogen-bond acceptors (Lipinski definition) is 3. The highest BCUT2D eigenvalue weighted by molar-refractivity contribution is 6.04. The van der Waals surface area contributed by atoms with Crippen molar-refractivity contribution in [3.63, 3.8) is 0 Å². The Bertz CT molecular complexity index is 786. The highest BCUT2D eigenvalue weighted by atomic mass is 16.6. The average molecular weight is 337 g/mol. The van der Waals surface area contributed by atoms with E-state index in [1.165, 1.54) is 0 Å². The summed E-state index contributed by atoms with van der Waals surface area (Å²) in [5.74, 6) is 1.22. The van der Waals surface area contributed by atoms with Crippen molar-refractivity contribution in [1.29, 1.82) is 0 Å².